The van der Waals surface area contributed by atoms with E-state index in [-0.39, 0.29) is 18.5 Å². The largest absolute Gasteiger partial charge is 0.444 e. The molecule has 0 radical (unpaired) electrons. The smallest absolute Gasteiger partial charge is 0.417 e. The Morgan fingerprint density at radius 1 is 0.935 bits per heavy atom. The van der Waals surface area contributed by atoms with Crippen LogP contribution in [0.15, 0.2) is 25.3 Å². The summed E-state index contributed by atoms with van der Waals surface area (Å²) in [5.41, 5.74) is -2.58. The van der Waals surface area contributed by atoms with E-state index >= 15 is 0 Å². The maximum atomic E-state index is 13.6. The molecule has 0 aromatic rings. The van der Waals surface area contributed by atoms with E-state index in [2.05, 4.69) is 13.2 Å². The van der Waals surface area contributed by atoms with Crippen molar-refractivity contribution in [3.8, 4) is 0 Å². The molecule has 2 saturated heterocycles. The van der Waals surface area contributed by atoms with Gasteiger partial charge in [0.2, 0.25) is 5.91 Å². The molecule has 3 amide bonds. The minimum atomic E-state index is -0.826. The van der Waals surface area contributed by atoms with Crippen molar-refractivity contribution in [1.82, 2.24) is 9.80 Å². The fourth-order valence-electron chi connectivity index (χ4n) is 4.74. The second kappa shape index (κ2) is 8.67. The molecule has 0 atom stereocenters. The van der Waals surface area contributed by atoms with E-state index in [1.807, 2.05) is 20.8 Å². The first kappa shape index (κ1) is 25.0. The number of carbonyl (C=O) groups is 3. The number of likely N-dealkylation sites (tertiary alicyclic amines) is 2. The SMILES string of the molecule is C=CCC1(CC=C)C(=O)N(C(=O)OC(C)(C)C)CC12CCN(C(=O)OC(C)(C)C)CC2. The molecule has 0 unspecified atom stereocenters. The van der Waals surface area contributed by atoms with Gasteiger partial charge in [0.1, 0.15) is 11.2 Å². The van der Waals surface area contributed by atoms with E-state index in [9.17, 15) is 14.4 Å². The lowest BCUT2D eigenvalue weighted by atomic mass is 9.57. The standard InChI is InChI=1S/C24H38N2O5/c1-9-11-24(12-10-2)18(27)26(20(29)31-22(6,7)8)17-23(24)13-15-25(16-14-23)19(28)30-21(3,4)5/h9-10H,1-2,11-17H2,3-8H3. The van der Waals surface area contributed by atoms with Crippen LogP contribution in [-0.2, 0) is 14.3 Å². The predicted octanol–water partition coefficient (Wildman–Crippen LogP) is 4.92. The lowest BCUT2D eigenvalue weighted by Gasteiger charge is -2.47. The Kier molecular flexibility index (Phi) is 6.98. The fourth-order valence-corrected chi connectivity index (χ4v) is 4.74. The molecule has 174 valence electrons. The van der Waals surface area contributed by atoms with Crippen LogP contribution in [0.3, 0.4) is 0 Å². The zero-order valence-electron chi connectivity index (χ0n) is 20.0. The van der Waals surface area contributed by atoms with Crippen molar-refractivity contribution in [3.63, 3.8) is 0 Å². The summed E-state index contributed by atoms with van der Waals surface area (Å²) in [7, 11) is 0. The summed E-state index contributed by atoms with van der Waals surface area (Å²) in [5.74, 6) is -0.243. The highest BCUT2D eigenvalue weighted by atomic mass is 16.6. The van der Waals surface area contributed by atoms with Gasteiger partial charge in [-0.15, -0.1) is 13.2 Å². The van der Waals surface area contributed by atoms with Gasteiger partial charge in [-0.05, 0) is 67.2 Å². The molecule has 2 fully saturated rings. The van der Waals surface area contributed by atoms with Crippen molar-refractivity contribution in [2.45, 2.75) is 78.4 Å². The molecule has 0 aliphatic carbocycles. The Balaban J connectivity index is 2.34. The molecule has 7 heteroatoms. The third kappa shape index (κ3) is 5.13. The molecule has 7 nitrogen and oxygen atoms in total. The Labute approximate surface area is 186 Å². The molecule has 0 aromatic heterocycles. The van der Waals surface area contributed by atoms with Gasteiger partial charge >= 0.3 is 12.2 Å². The normalized spacial score (nSPS) is 20.5. The number of carbonyl (C=O) groups excluding carboxylic acids is 3. The second-order valence-corrected chi connectivity index (χ2v) is 10.7. The molecule has 2 rings (SSSR count). The first-order valence-electron chi connectivity index (χ1n) is 10.9. The van der Waals surface area contributed by atoms with Gasteiger partial charge in [-0.2, -0.15) is 0 Å². The van der Waals surface area contributed by atoms with E-state index in [0.29, 0.717) is 38.8 Å². The molecular weight excluding hydrogens is 396 g/mol. The number of piperidine rings is 1. The van der Waals surface area contributed by atoms with Gasteiger partial charge < -0.3 is 14.4 Å². The number of allylic oxidation sites excluding steroid dienone is 2. The molecule has 2 aliphatic heterocycles. The summed E-state index contributed by atoms with van der Waals surface area (Å²) < 4.78 is 11.0. The average molecular weight is 435 g/mol. The van der Waals surface area contributed by atoms with Gasteiger partial charge in [0.05, 0.1) is 5.41 Å². The Bertz CT molecular complexity index is 726. The van der Waals surface area contributed by atoms with Gasteiger partial charge in [-0.1, -0.05) is 12.2 Å². The monoisotopic (exact) mass is 434 g/mol. The van der Waals surface area contributed by atoms with Gasteiger partial charge in [0, 0.05) is 25.0 Å². The van der Waals surface area contributed by atoms with Crippen LogP contribution in [-0.4, -0.2) is 58.7 Å². The quantitative estimate of drug-likeness (QED) is 0.587. The minimum Gasteiger partial charge on any atom is -0.444 e. The van der Waals surface area contributed by atoms with Gasteiger partial charge in [0.25, 0.3) is 0 Å². The van der Waals surface area contributed by atoms with Crippen molar-refractivity contribution in [3.05, 3.63) is 25.3 Å². The van der Waals surface area contributed by atoms with Crippen LogP contribution in [0, 0.1) is 10.8 Å². The van der Waals surface area contributed by atoms with Gasteiger partial charge in [-0.25, -0.2) is 14.5 Å². The molecule has 0 bridgehead atoms. The molecule has 31 heavy (non-hydrogen) atoms. The molecule has 0 N–H and O–H groups in total. The fraction of sp³-hybridized carbons (Fsp3) is 0.708. The van der Waals surface area contributed by atoms with Crippen LogP contribution >= 0.6 is 0 Å². The molecule has 1 spiro atoms. The summed E-state index contributed by atoms with van der Waals surface area (Å²) in [5, 5.41) is 0. The summed E-state index contributed by atoms with van der Waals surface area (Å²) in [6.07, 6.45) is 4.53. The predicted molar refractivity (Wildman–Crippen MR) is 119 cm³/mol. The maximum Gasteiger partial charge on any atom is 0.417 e. The third-order valence-corrected chi connectivity index (χ3v) is 6.10. The highest BCUT2D eigenvalue weighted by molar-refractivity contribution is 5.98. The van der Waals surface area contributed by atoms with E-state index in [1.165, 1.54) is 4.90 Å². The first-order valence-corrected chi connectivity index (χ1v) is 10.9. The Hall–Kier alpha value is -2.31. The lowest BCUT2D eigenvalue weighted by molar-refractivity contribution is -0.138. The summed E-state index contributed by atoms with van der Waals surface area (Å²) in [6.45, 7) is 19.8. The van der Waals surface area contributed by atoms with Crippen molar-refractivity contribution >= 4 is 18.1 Å². The molecule has 0 aromatic carbocycles. The van der Waals surface area contributed by atoms with Crippen molar-refractivity contribution in [2.24, 2.45) is 10.8 Å². The highest BCUT2D eigenvalue weighted by Crippen LogP contribution is 2.58. The van der Waals surface area contributed by atoms with Crippen LogP contribution in [0.4, 0.5) is 9.59 Å². The average Bonchev–Trinajstić information content (AvgIpc) is 2.83. The summed E-state index contributed by atoms with van der Waals surface area (Å²) in [6, 6.07) is 0. The van der Waals surface area contributed by atoms with E-state index in [0.717, 1.165) is 0 Å². The lowest BCUT2D eigenvalue weighted by Crippen LogP contribution is -2.52. The van der Waals surface area contributed by atoms with Crippen LogP contribution < -0.4 is 0 Å². The van der Waals surface area contributed by atoms with Crippen molar-refractivity contribution < 1.29 is 23.9 Å². The van der Waals surface area contributed by atoms with Gasteiger partial charge in [-0.3, -0.25) is 4.79 Å². The van der Waals surface area contributed by atoms with Crippen LogP contribution in [0.5, 0.6) is 0 Å². The summed E-state index contributed by atoms with van der Waals surface area (Å²) >= 11 is 0. The number of nitrogens with zero attached hydrogens (tertiary/aromatic N) is 2. The molecular formula is C24H38N2O5. The van der Waals surface area contributed by atoms with E-state index in [4.69, 9.17) is 9.47 Å². The molecule has 2 aliphatic rings. The highest BCUT2D eigenvalue weighted by Gasteiger charge is 2.64. The number of hydrogen-bond acceptors (Lipinski definition) is 5. The minimum absolute atomic E-state index is 0.243. The van der Waals surface area contributed by atoms with Crippen molar-refractivity contribution in [2.75, 3.05) is 19.6 Å². The van der Waals surface area contributed by atoms with Gasteiger partial charge in [0.15, 0.2) is 0 Å². The zero-order chi connectivity index (χ0) is 23.7. The number of imide groups is 1. The number of amides is 3. The van der Waals surface area contributed by atoms with E-state index < -0.39 is 28.1 Å². The third-order valence-electron chi connectivity index (χ3n) is 6.10. The Morgan fingerprint density at radius 2 is 1.39 bits per heavy atom. The zero-order valence-corrected chi connectivity index (χ0v) is 20.0. The number of hydrogen-bond donors (Lipinski definition) is 0. The second-order valence-electron chi connectivity index (χ2n) is 10.7. The maximum absolute atomic E-state index is 13.6. The van der Waals surface area contributed by atoms with Crippen LogP contribution in [0.25, 0.3) is 0 Å². The molecule has 0 saturated carbocycles. The van der Waals surface area contributed by atoms with Crippen LogP contribution in [0.1, 0.15) is 67.2 Å². The topological polar surface area (TPSA) is 76.2 Å². The number of ether oxygens (including phenoxy) is 2. The van der Waals surface area contributed by atoms with Crippen LogP contribution in [0.2, 0.25) is 0 Å². The first-order chi connectivity index (χ1) is 14.2. The number of rotatable bonds is 4. The van der Waals surface area contributed by atoms with Crippen molar-refractivity contribution in [1.29, 1.82) is 0 Å². The van der Waals surface area contributed by atoms with E-state index in [1.54, 1.807) is 37.8 Å². The summed E-state index contributed by atoms with van der Waals surface area (Å²) in [4.78, 5) is 42.0. The Morgan fingerprint density at radius 3 is 1.81 bits per heavy atom. The molecule has 2 heterocycles.